The lowest BCUT2D eigenvalue weighted by molar-refractivity contribution is -0.117. The Morgan fingerprint density at radius 1 is 1.19 bits per heavy atom. The van der Waals surface area contributed by atoms with Gasteiger partial charge in [-0.25, -0.2) is 17.2 Å². The van der Waals surface area contributed by atoms with Gasteiger partial charge < -0.3 is 10.1 Å². The van der Waals surface area contributed by atoms with E-state index in [1.165, 1.54) is 26.2 Å². The molecule has 1 atom stereocenters. The quantitative estimate of drug-likeness (QED) is 0.775. The van der Waals surface area contributed by atoms with Crippen molar-refractivity contribution in [3.8, 4) is 5.75 Å². The van der Waals surface area contributed by atoms with E-state index in [0.717, 1.165) is 24.3 Å². The third kappa shape index (κ3) is 4.48. The molecular weight excluding hydrogens is 390 g/mol. The first kappa shape index (κ1) is 20.1. The van der Waals surface area contributed by atoms with Crippen LogP contribution in [0.15, 0.2) is 41.3 Å². The van der Waals surface area contributed by atoms with Gasteiger partial charge in [-0.05, 0) is 37.3 Å². The SMILES string of the molecule is COc1ccc(Cl)cc1S(=O)(=O)N[C@@H](C)C(=O)Nc1c(F)cccc1F. The molecule has 0 aromatic heterocycles. The van der Waals surface area contributed by atoms with Crippen LogP contribution in [0.1, 0.15) is 6.92 Å². The van der Waals surface area contributed by atoms with Crippen molar-refractivity contribution in [3.63, 3.8) is 0 Å². The Morgan fingerprint density at radius 3 is 2.38 bits per heavy atom. The largest absolute Gasteiger partial charge is 0.495 e. The number of methoxy groups -OCH3 is 1. The van der Waals surface area contributed by atoms with Crippen LogP contribution in [0.2, 0.25) is 5.02 Å². The molecule has 140 valence electrons. The molecule has 2 N–H and O–H groups in total. The fourth-order valence-corrected chi connectivity index (χ4v) is 3.69. The smallest absolute Gasteiger partial charge is 0.245 e. The maximum absolute atomic E-state index is 13.6. The van der Waals surface area contributed by atoms with Crippen molar-refractivity contribution in [2.45, 2.75) is 17.9 Å². The molecule has 0 radical (unpaired) electrons. The molecule has 0 aliphatic carbocycles. The summed E-state index contributed by atoms with van der Waals surface area (Å²) in [5.41, 5.74) is -0.663. The van der Waals surface area contributed by atoms with Crippen LogP contribution < -0.4 is 14.8 Å². The van der Waals surface area contributed by atoms with E-state index in [-0.39, 0.29) is 15.7 Å². The summed E-state index contributed by atoms with van der Waals surface area (Å²) in [4.78, 5) is 11.8. The first-order valence-corrected chi connectivity index (χ1v) is 9.12. The van der Waals surface area contributed by atoms with Crippen LogP contribution in [-0.4, -0.2) is 27.5 Å². The number of para-hydroxylation sites is 1. The van der Waals surface area contributed by atoms with E-state index in [9.17, 15) is 22.0 Å². The number of hydrogen-bond acceptors (Lipinski definition) is 4. The summed E-state index contributed by atoms with van der Waals surface area (Å²) < 4.78 is 59.3. The monoisotopic (exact) mass is 404 g/mol. The Morgan fingerprint density at radius 2 is 1.81 bits per heavy atom. The van der Waals surface area contributed by atoms with Gasteiger partial charge in [0.25, 0.3) is 0 Å². The maximum Gasteiger partial charge on any atom is 0.245 e. The second-order valence-electron chi connectivity index (χ2n) is 5.22. The molecule has 0 spiro atoms. The lowest BCUT2D eigenvalue weighted by Gasteiger charge is -2.16. The van der Waals surface area contributed by atoms with Gasteiger partial charge in [0.1, 0.15) is 28.0 Å². The Bertz CT molecular complexity index is 918. The number of ether oxygens (including phenoxy) is 1. The van der Waals surface area contributed by atoms with Gasteiger partial charge in [-0.3, -0.25) is 4.79 Å². The number of benzene rings is 2. The number of carbonyl (C=O) groups excluding carboxylic acids is 1. The highest BCUT2D eigenvalue weighted by Crippen LogP contribution is 2.27. The molecule has 10 heteroatoms. The predicted octanol–water partition coefficient (Wildman–Crippen LogP) is 2.93. The van der Waals surface area contributed by atoms with Crippen LogP contribution in [0.4, 0.5) is 14.5 Å². The van der Waals surface area contributed by atoms with Crippen molar-refractivity contribution in [1.29, 1.82) is 0 Å². The summed E-state index contributed by atoms with van der Waals surface area (Å²) in [5, 5.41) is 2.17. The van der Waals surface area contributed by atoms with Gasteiger partial charge in [0.05, 0.1) is 13.2 Å². The van der Waals surface area contributed by atoms with Crippen molar-refractivity contribution < 1.29 is 26.7 Å². The minimum Gasteiger partial charge on any atom is -0.495 e. The molecule has 0 heterocycles. The molecule has 6 nitrogen and oxygen atoms in total. The molecule has 0 aliphatic heterocycles. The van der Waals surface area contributed by atoms with Gasteiger partial charge in [-0.15, -0.1) is 0 Å². The zero-order chi connectivity index (χ0) is 19.5. The highest BCUT2D eigenvalue weighted by Gasteiger charge is 2.26. The third-order valence-electron chi connectivity index (χ3n) is 3.35. The first-order valence-electron chi connectivity index (χ1n) is 7.26. The van der Waals surface area contributed by atoms with E-state index in [0.29, 0.717) is 0 Å². The third-order valence-corrected chi connectivity index (χ3v) is 5.15. The number of carbonyl (C=O) groups is 1. The van der Waals surface area contributed by atoms with Gasteiger partial charge in [0, 0.05) is 5.02 Å². The number of sulfonamides is 1. The van der Waals surface area contributed by atoms with Gasteiger partial charge in [-0.2, -0.15) is 4.72 Å². The molecule has 2 aromatic rings. The first-order chi connectivity index (χ1) is 12.2. The van der Waals surface area contributed by atoms with E-state index in [1.807, 2.05) is 5.32 Å². The van der Waals surface area contributed by atoms with E-state index < -0.39 is 39.3 Å². The molecule has 26 heavy (non-hydrogen) atoms. The minimum absolute atomic E-state index is 0.0228. The minimum atomic E-state index is -4.19. The summed E-state index contributed by atoms with van der Waals surface area (Å²) in [7, 11) is -2.91. The average Bonchev–Trinajstić information content (AvgIpc) is 2.57. The molecular formula is C16H15ClF2N2O4S. The predicted molar refractivity (Wildman–Crippen MR) is 92.8 cm³/mol. The van der Waals surface area contributed by atoms with Crippen LogP contribution in [0.5, 0.6) is 5.75 Å². The van der Waals surface area contributed by atoms with Gasteiger partial charge >= 0.3 is 0 Å². The zero-order valence-electron chi connectivity index (χ0n) is 13.7. The Kier molecular flexibility index (Phi) is 6.17. The van der Waals surface area contributed by atoms with Crippen molar-refractivity contribution in [1.82, 2.24) is 4.72 Å². The van der Waals surface area contributed by atoms with E-state index in [2.05, 4.69) is 4.72 Å². The lowest BCUT2D eigenvalue weighted by Crippen LogP contribution is -2.41. The second kappa shape index (κ2) is 7.98. The number of amides is 1. The number of nitrogens with one attached hydrogen (secondary N) is 2. The summed E-state index contributed by atoms with van der Waals surface area (Å²) in [6.07, 6.45) is 0. The summed E-state index contributed by atoms with van der Waals surface area (Å²) in [5.74, 6) is -2.89. The summed E-state index contributed by atoms with van der Waals surface area (Å²) in [6.45, 7) is 1.22. The second-order valence-corrected chi connectivity index (χ2v) is 7.34. The Balaban J connectivity index is 2.22. The van der Waals surface area contributed by atoms with Crippen molar-refractivity contribution >= 4 is 33.2 Å². The molecule has 0 saturated carbocycles. The van der Waals surface area contributed by atoms with Crippen LogP contribution in [0, 0.1) is 11.6 Å². The Hall–Kier alpha value is -2.23. The molecule has 0 aliphatic rings. The van der Waals surface area contributed by atoms with Crippen molar-refractivity contribution in [2.24, 2.45) is 0 Å². The number of halogens is 3. The highest BCUT2D eigenvalue weighted by atomic mass is 35.5. The van der Waals surface area contributed by atoms with Crippen LogP contribution >= 0.6 is 11.6 Å². The van der Waals surface area contributed by atoms with Crippen molar-refractivity contribution in [2.75, 3.05) is 12.4 Å². The summed E-state index contributed by atoms with van der Waals surface area (Å²) in [6, 6.07) is 5.69. The molecule has 0 unspecified atom stereocenters. The normalized spacial score (nSPS) is 12.5. The molecule has 2 aromatic carbocycles. The fourth-order valence-electron chi connectivity index (χ4n) is 2.06. The van der Waals surface area contributed by atoms with E-state index >= 15 is 0 Å². The molecule has 0 saturated heterocycles. The molecule has 1 amide bonds. The van der Waals surface area contributed by atoms with E-state index in [1.54, 1.807) is 0 Å². The standard InChI is InChI=1S/C16H15ClF2N2O4S/c1-9(16(22)20-15-11(18)4-3-5-12(15)19)21-26(23,24)14-8-10(17)6-7-13(14)25-2/h3-9,21H,1-2H3,(H,20,22)/t9-/m0/s1. The van der Waals surface area contributed by atoms with Crippen molar-refractivity contribution in [3.05, 3.63) is 53.1 Å². The number of anilines is 1. The maximum atomic E-state index is 13.6. The fraction of sp³-hybridized carbons (Fsp3) is 0.188. The number of rotatable bonds is 6. The molecule has 0 fully saturated rings. The van der Waals surface area contributed by atoms with Gasteiger partial charge in [0.15, 0.2) is 0 Å². The zero-order valence-corrected chi connectivity index (χ0v) is 15.3. The molecule has 2 rings (SSSR count). The topological polar surface area (TPSA) is 84.5 Å². The van der Waals surface area contributed by atoms with E-state index in [4.69, 9.17) is 16.3 Å². The number of hydrogen-bond donors (Lipinski definition) is 2. The van der Waals surface area contributed by atoms with Crippen LogP contribution in [-0.2, 0) is 14.8 Å². The van der Waals surface area contributed by atoms with Gasteiger partial charge in [-0.1, -0.05) is 17.7 Å². The highest BCUT2D eigenvalue weighted by molar-refractivity contribution is 7.89. The average molecular weight is 405 g/mol. The van der Waals surface area contributed by atoms with Crippen LogP contribution in [0.3, 0.4) is 0 Å². The Labute approximate surface area is 154 Å². The molecule has 0 bridgehead atoms. The lowest BCUT2D eigenvalue weighted by atomic mass is 10.2. The van der Waals surface area contributed by atoms with Gasteiger partial charge in [0.2, 0.25) is 15.9 Å². The van der Waals surface area contributed by atoms with Crippen LogP contribution in [0.25, 0.3) is 0 Å². The summed E-state index contributed by atoms with van der Waals surface area (Å²) >= 11 is 5.81.